The fourth-order valence-corrected chi connectivity index (χ4v) is 1.91. The van der Waals surface area contributed by atoms with Crippen molar-refractivity contribution in [1.82, 2.24) is 10.3 Å². The van der Waals surface area contributed by atoms with Gasteiger partial charge in [0.25, 0.3) is 5.91 Å². The molecular formula is C14H15ClN2O2. The monoisotopic (exact) mass is 278 g/mol. The largest absolute Gasteiger partial charge is 0.384 e. The van der Waals surface area contributed by atoms with E-state index in [0.29, 0.717) is 10.7 Å². The normalized spacial score (nSPS) is 13.8. The van der Waals surface area contributed by atoms with Crippen LogP contribution < -0.4 is 5.32 Å². The summed E-state index contributed by atoms with van der Waals surface area (Å²) in [6, 6.07) is 10.7. The van der Waals surface area contributed by atoms with Gasteiger partial charge < -0.3 is 15.4 Å². The molecule has 1 unspecified atom stereocenters. The Morgan fingerprint density at radius 3 is 2.68 bits per heavy atom. The van der Waals surface area contributed by atoms with Gasteiger partial charge in [0, 0.05) is 6.20 Å². The minimum Gasteiger partial charge on any atom is -0.384 e. The minimum absolute atomic E-state index is 0.118. The van der Waals surface area contributed by atoms with Gasteiger partial charge in [-0.05, 0) is 18.6 Å². The van der Waals surface area contributed by atoms with Crippen molar-refractivity contribution < 1.29 is 9.90 Å². The molecule has 0 fully saturated rings. The first kappa shape index (κ1) is 13.6. The summed E-state index contributed by atoms with van der Waals surface area (Å²) < 4.78 is 0. The molecule has 0 aliphatic carbocycles. The van der Waals surface area contributed by atoms with E-state index in [1.807, 2.05) is 30.3 Å². The average molecular weight is 279 g/mol. The van der Waals surface area contributed by atoms with Gasteiger partial charge in [0.1, 0.15) is 11.3 Å². The van der Waals surface area contributed by atoms with Crippen LogP contribution in [0, 0.1) is 0 Å². The van der Waals surface area contributed by atoms with Crippen LogP contribution in [0.15, 0.2) is 42.6 Å². The molecule has 0 radical (unpaired) electrons. The van der Waals surface area contributed by atoms with E-state index in [4.69, 9.17) is 11.6 Å². The summed E-state index contributed by atoms with van der Waals surface area (Å²) in [5.41, 5.74) is 0.00140. The fraction of sp³-hybridized carbons (Fsp3) is 0.214. The van der Waals surface area contributed by atoms with Crippen molar-refractivity contribution in [3.8, 4) is 0 Å². The molecule has 1 atom stereocenters. The molecule has 0 saturated carbocycles. The molecule has 0 aliphatic heterocycles. The van der Waals surface area contributed by atoms with Crippen molar-refractivity contribution in [2.45, 2.75) is 12.5 Å². The van der Waals surface area contributed by atoms with E-state index in [2.05, 4.69) is 10.3 Å². The Bertz CT molecular complexity index is 564. The number of nitrogens with one attached hydrogen (secondary N) is 2. The number of amides is 1. The lowest BCUT2D eigenvalue weighted by Gasteiger charge is -2.24. The highest BCUT2D eigenvalue weighted by molar-refractivity contribution is 6.30. The van der Waals surface area contributed by atoms with Gasteiger partial charge in [-0.3, -0.25) is 4.79 Å². The number of hydrogen-bond donors (Lipinski definition) is 3. The Balaban J connectivity index is 2.00. The second-order valence-corrected chi connectivity index (χ2v) is 4.99. The molecule has 3 N–H and O–H groups in total. The van der Waals surface area contributed by atoms with Crippen LogP contribution in [0.3, 0.4) is 0 Å². The molecule has 5 heteroatoms. The number of benzene rings is 1. The van der Waals surface area contributed by atoms with E-state index in [0.717, 1.165) is 5.56 Å². The molecule has 0 aliphatic rings. The summed E-state index contributed by atoms with van der Waals surface area (Å²) in [5.74, 6) is -0.303. The number of rotatable bonds is 4. The van der Waals surface area contributed by atoms with Crippen molar-refractivity contribution in [3.05, 3.63) is 58.9 Å². The molecule has 1 aromatic heterocycles. The minimum atomic E-state index is -1.12. The number of carbonyl (C=O) groups excluding carboxylic acids is 1. The first-order chi connectivity index (χ1) is 8.99. The molecule has 1 heterocycles. The van der Waals surface area contributed by atoms with Gasteiger partial charge in [-0.25, -0.2) is 0 Å². The molecule has 0 saturated heterocycles. The van der Waals surface area contributed by atoms with E-state index in [9.17, 15) is 9.90 Å². The van der Waals surface area contributed by atoms with E-state index in [1.165, 1.54) is 12.3 Å². The molecule has 1 amide bonds. The summed E-state index contributed by atoms with van der Waals surface area (Å²) in [7, 11) is 0. The topological polar surface area (TPSA) is 65.1 Å². The molecular weight excluding hydrogens is 264 g/mol. The first-order valence-electron chi connectivity index (χ1n) is 5.89. The van der Waals surface area contributed by atoms with Gasteiger partial charge >= 0.3 is 0 Å². The first-order valence-corrected chi connectivity index (χ1v) is 6.27. The second-order valence-electron chi connectivity index (χ2n) is 4.55. The van der Waals surface area contributed by atoms with Gasteiger partial charge in [-0.2, -0.15) is 0 Å². The van der Waals surface area contributed by atoms with Crippen LogP contribution in [-0.4, -0.2) is 22.5 Å². The highest BCUT2D eigenvalue weighted by Gasteiger charge is 2.23. The zero-order valence-electron chi connectivity index (χ0n) is 10.5. The number of hydrogen-bond acceptors (Lipinski definition) is 2. The summed E-state index contributed by atoms with van der Waals surface area (Å²) in [4.78, 5) is 14.6. The van der Waals surface area contributed by atoms with Crippen LogP contribution >= 0.6 is 11.6 Å². The Kier molecular flexibility index (Phi) is 3.93. The van der Waals surface area contributed by atoms with Gasteiger partial charge in [0.2, 0.25) is 0 Å². The Morgan fingerprint density at radius 1 is 1.42 bits per heavy atom. The van der Waals surface area contributed by atoms with Gasteiger partial charge in [0.15, 0.2) is 0 Å². The SMILES string of the molecule is CC(O)(CNC(=O)c1cc(Cl)c[nH]1)c1ccccc1. The number of aromatic amines is 1. The number of aromatic nitrogens is 1. The zero-order chi connectivity index (χ0) is 13.9. The molecule has 0 bridgehead atoms. The van der Waals surface area contributed by atoms with E-state index < -0.39 is 5.60 Å². The third-order valence-corrected chi connectivity index (χ3v) is 3.10. The smallest absolute Gasteiger partial charge is 0.267 e. The molecule has 100 valence electrons. The number of halogens is 1. The lowest BCUT2D eigenvalue weighted by atomic mass is 9.96. The van der Waals surface area contributed by atoms with Gasteiger partial charge in [-0.15, -0.1) is 0 Å². The number of aliphatic hydroxyl groups is 1. The Morgan fingerprint density at radius 2 is 2.11 bits per heavy atom. The summed E-state index contributed by atoms with van der Waals surface area (Å²) in [6.07, 6.45) is 1.53. The van der Waals surface area contributed by atoms with E-state index >= 15 is 0 Å². The van der Waals surface area contributed by atoms with Crippen LogP contribution in [0.1, 0.15) is 23.0 Å². The number of H-pyrrole nitrogens is 1. The molecule has 2 rings (SSSR count). The summed E-state index contributed by atoms with van der Waals surface area (Å²) >= 11 is 5.73. The maximum absolute atomic E-state index is 11.8. The quantitative estimate of drug-likeness (QED) is 0.803. The zero-order valence-corrected chi connectivity index (χ0v) is 11.2. The summed E-state index contributed by atoms with van der Waals surface area (Å²) in [6.45, 7) is 1.77. The number of carbonyl (C=O) groups is 1. The van der Waals surface area contributed by atoms with E-state index in [1.54, 1.807) is 6.92 Å². The highest BCUT2D eigenvalue weighted by Crippen LogP contribution is 2.19. The van der Waals surface area contributed by atoms with Gasteiger partial charge in [0.05, 0.1) is 11.6 Å². The Labute approximate surface area is 116 Å². The lowest BCUT2D eigenvalue weighted by molar-refractivity contribution is 0.0525. The van der Waals surface area contributed by atoms with Crippen LogP contribution in [0.4, 0.5) is 0 Å². The fourth-order valence-electron chi connectivity index (χ4n) is 1.75. The van der Waals surface area contributed by atoms with Crippen molar-refractivity contribution in [3.63, 3.8) is 0 Å². The third kappa shape index (κ3) is 3.36. The van der Waals surface area contributed by atoms with Crippen molar-refractivity contribution in [2.75, 3.05) is 6.54 Å². The average Bonchev–Trinajstić information content (AvgIpc) is 2.84. The maximum atomic E-state index is 11.8. The molecule has 2 aromatic rings. The molecule has 4 nitrogen and oxygen atoms in total. The molecule has 0 spiro atoms. The van der Waals surface area contributed by atoms with Crippen LogP contribution in [-0.2, 0) is 5.60 Å². The van der Waals surface area contributed by atoms with Crippen molar-refractivity contribution >= 4 is 17.5 Å². The predicted molar refractivity (Wildman–Crippen MR) is 74.1 cm³/mol. The second kappa shape index (κ2) is 5.47. The predicted octanol–water partition coefficient (Wildman–Crippen LogP) is 2.31. The summed E-state index contributed by atoms with van der Waals surface area (Å²) in [5, 5.41) is 13.5. The maximum Gasteiger partial charge on any atom is 0.267 e. The van der Waals surface area contributed by atoms with Crippen molar-refractivity contribution in [2.24, 2.45) is 0 Å². The Hall–Kier alpha value is -1.78. The van der Waals surface area contributed by atoms with Crippen LogP contribution in [0.5, 0.6) is 0 Å². The van der Waals surface area contributed by atoms with Crippen LogP contribution in [0.2, 0.25) is 5.02 Å². The van der Waals surface area contributed by atoms with E-state index in [-0.39, 0.29) is 12.5 Å². The van der Waals surface area contributed by atoms with Crippen LogP contribution in [0.25, 0.3) is 0 Å². The van der Waals surface area contributed by atoms with Crippen molar-refractivity contribution in [1.29, 1.82) is 0 Å². The molecule has 1 aromatic carbocycles. The molecule has 19 heavy (non-hydrogen) atoms. The standard InChI is InChI=1S/C14H15ClN2O2/c1-14(19,10-5-3-2-4-6-10)9-17-13(18)12-7-11(15)8-16-12/h2-8,16,19H,9H2,1H3,(H,17,18). The van der Waals surface area contributed by atoms with Gasteiger partial charge in [-0.1, -0.05) is 41.9 Å². The third-order valence-electron chi connectivity index (χ3n) is 2.88. The highest BCUT2D eigenvalue weighted by atomic mass is 35.5. The lowest BCUT2D eigenvalue weighted by Crippen LogP contribution is -2.38.